The lowest BCUT2D eigenvalue weighted by atomic mass is 10.0. The molecule has 1 saturated heterocycles. The zero-order chi connectivity index (χ0) is 11.4. The predicted molar refractivity (Wildman–Crippen MR) is 55.5 cm³/mol. The van der Waals surface area contributed by atoms with Gasteiger partial charge in [0.1, 0.15) is 6.54 Å². The number of hydrogen-bond acceptors (Lipinski definition) is 3. The lowest BCUT2D eigenvalue weighted by molar-refractivity contribution is -0.145. The highest BCUT2D eigenvalue weighted by atomic mass is 16.4. The molecule has 0 aliphatic carbocycles. The molecular formula is C10H18N2O3. The summed E-state index contributed by atoms with van der Waals surface area (Å²) >= 11 is 0. The van der Waals surface area contributed by atoms with E-state index in [0.29, 0.717) is 12.5 Å². The molecule has 2 N–H and O–H groups in total. The number of hydrogen-bond donors (Lipinski definition) is 2. The van der Waals surface area contributed by atoms with Crippen molar-refractivity contribution in [3.05, 3.63) is 0 Å². The molecule has 1 atom stereocenters. The van der Waals surface area contributed by atoms with Crippen molar-refractivity contribution in [1.29, 1.82) is 0 Å². The average Bonchev–Trinajstić information content (AvgIpc) is 2.09. The first-order valence-corrected chi connectivity index (χ1v) is 5.22. The third-order valence-electron chi connectivity index (χ3n) is 2.42. The maximum absolute atomic E-state index is 11.4. The highest BCUT2D eigenvalue weighted by Gasteiger charge is 2.26. The lowest BCUT2D eigenvalue weighted by Gasteiger charge is -2.33. The molecule has 1 heterocycles. The molecule has 0 spiro atoms. The Balaban J connectivity index is 2.48. The van der Waals surface area contributed by atoms with Gasteiger partial charge in [-0.2, -0.15) is 0 Å². The highest BCUT2D eigenvalue weighted by molar-refractivity contribution is 5.83. The molecule has 0 saturated carbocycles. The Kier molecular flexibility index (Phi) is 4.08. The van der Waals surface area contributed by atoms with Gasteiger partial charge < -0.3 is 15.3 Å². The lowest BCUT2D eigenvalue weighted by Crippen LogP contribution is -2.55. The monoisotopic (exact) mass is 214 g/mol. The summed E-state index contributed by atoms with van der Waals surface area (Å²) in [5, 5.41) is 11.8. The fourth-order valence-corrected chi connectivity index (χ4v) is 1.82. The molecule has 1 amide bonds. The van der Waals surface area contributed by atoms with Gasteiger partial charge in [0.15, 0.2) is 0 Å². The van der Waals surface area contributed by atoms with E-state index in [0.717, 1.165) is 6.42 Å². The molecule has 5 nitrogen and oxygen atoms in total. The molecule has 86 valence electrons. The summed E-state index contributed by atoms with van der Waals surface area (Å²) in [6.07, 6.45) is 0.962. The summed E-state index contributed by atoms with van der Waals surface area (Å²) < 4.78 is 0. The number of carboxylic acid groups (broad SMARTS) is 1. The Morgan fingerprint density at radius 3 is 2.87 bits per heavy atom. The van der Waals surface area contributed by atoms with Gasteiger partial charge in [-0.3, -0.25) is 9.59 Å². The van der Waals surface area contributed by atoms with E-state index in [4.69, 9.17) is 5.11 Å². The number of carbonyl (C=O) groups is 2. The van der Waals surface area contributed by atoms with E-state index >= 15 is 0 Å². The van der Waals surface area contributed by atoms with Crippen LogP contribution in [0.4, 0.5) is 0 Å². The minimum Gasteiger partial charge on any atom is -0.480 e. The maximum Gasteiger partial charge on any atom is 0.323 e. The van der Waals surface area contributed by atoms with E-state index < -0.39 is 5.97 Å². The molecule has 0 aromatic heterocycles. The smallest absolute Gasteiger partial charge is 0.323 e. The molecule has 0 aromatic rings. The Morgan fingerprint density at radius 2 is 2.33 bits per heavy atom. The molecule has 1 fully saturated rings. The summed E-state index contributed by atoms with van der Waals surface area (Å²) in [5.74, 6) is -0.534. The van der Waals surface area contributed by atoms with Crippen LogP contribution >= 0.6 is 0 Å². The van der Waals surface area contributed by atoms with Gasteiger partial charge in [-0.15, -0.1) is 0 Å². The molecule has 0 aromatic carbocycles. The largest absolute Gasteiger partial charge is 0.480 e. The van der Waals surface area contributed by atoms with Gasteiger partial charge >= 0.3 is 5.97 Å². The molecule has 1 rings (SSSR count). The third-order valence-corrected chi connectivity index (χ3v) is 2.42. The molecular weight excluding hydrogens is 196 g/mol. The SMILES string of the molecule is CC(C)C[C@H]1CN(CC(=O)O)C(=O)CN1. The zero-order valence-electron chi connectivity index (χ0n) is 9.19. The quantitative estimate of drug-likeness (QED) is 0.686. The maximum atomic E-state index is 11.4. The molecule has 1 aliphatic heterocycles. The van der Waals surface area contributed by atoms with E-state index in [9.17, 15) is 9.59 Å². The molecule has 0 bridgehead atoms. The van der Waals surface area contributed by atoms with E-state index in [1.165, 1.54) is 4.90 Å². The van der Waals surface area contributed by atoms with Crippen LogP contribution in [0.2, 0.25) is 0 Å². The Hall–Kier alpha value is -1.10. The van der Waals surface area contributed by atoms with Gasteiger partial charge in [0.25, 0.3) is 0 Å². The number of amides is 1. The first kappa shape index (κ1) is 12.0. The van der Waals surface area contributed by atoms with E-state index in [2.05, 4.69) is 19.2 Å². The van der Waals surface area contributed by atoms with Crippen LogP contribution < -0.4 is 5.32 Å². The second kappa shape index (κ2) is 5.11. The van der Waals surface area contributed by atoms with Gasteiger partial charge in [0.2, 0.25) is 5.91 Å². The van der Waals surface area contributed by atoms with Crippen molar-refractivity contribution in [2.24, 2.45) is 5.92 Å². The number of rotatable bonds is 4. The third kappa shape index (κ3) is 3.87. The van der Waals surface area contributed by atoms with E-state index in [1.54, 1.807) is 0 Å². The Labute approximate surface area is 89.4 Å². The van der Waals surface area contributed by atoms with Crippen LogP contribution in [0.5, 0.6) is 0 Å². The van der Waals surface area contributed by atoms with E-state index in [-0.39, 0.29) is 25.0 Å². The fraction of sp³-hybridized carbons (Fsp3) is 0.800. The van der Waals surface area contributed by atoms with Crippen molar-refractivity contribution < 1.29 is 14.7 Å². The van der Waals surface area contributed by atoms with Gasteiger partial charge in [0, 0.05) is 12.6 Å². The first-order valence-electron chi connectivity index (χ1n) is 5.22. The van der Waals surface area contributed by atoms with Crippen LogP contribution in [0.25, 0.3) is 0 Å². The number of carboxylic acids is 1. The molecule has 5 heteroatoms. The van der Waals surface area contributed by atoms with Crippen LogP contribution in [-0.4, -0.2) is 47.6 Å². The molecule has 15 heavy (non-hydrogen) atoms. The van der Waals surface area contributed by atoms with Crippen molar-refractivity contribution in [2.45, 2.75) is 26.3 Å². The summed E-state index contributed by atoms with van der Waals surface area (Å²) in [7, 11) is 0. The predicted octanol–water partition coefficient (Wildman–Crippen LogP) is -0.0825. The summed E-state index contributed by atoms with van der Waals surface area (Å²) in [4.78, 5) is 23.3. The highest BCUT2D eigenvalue weighted by Crippen LogP contribution is 2.09. The topological polar surface area (TPSA) is 69.6 Å². The number of carbonyl (C=O) groups excluding carboxylic acids is 1. The normalized spacial score (nSPS) is 22.2. The Morgan fingerprint density at radius 1 is 1.67 bits per heavy atom. The van der Waals surface area contributed by atoms with Crippen molar-refractivity contribution >= 4 is 11.9 Å². The van der Waals surface area contributed by atoms with Gasteiger partial charge in [-0.1, -0.05) is 13.8 Å². The minimum atomic E-state index is -0.950. The van der Waals surface area contributed by atoms with Crippen molar-refractivity contribution in [3.63, 3.8) is 0 Å². The molecule has 0 radical (unpaired) electrons. The van der Waals surface area contributed by atoms with Crippen molar-refractivity contribution in [3.8, 4) is 0 Å². The molecule has 0 unspecified atom stereocenters. The van der Waals surface area contributed by atoms with Crippen LogP contribution in [0, 0.1) is 5.92 Å². The summed E-state index contributed by atoms with van der Waals surface area (Å²) in [6, 6.07) is 0.224. The number of piperazine rings is 1. The van der Waals surface area contributed by atoms with Gasteiger partial charge in [0.05, 0.1) is 6.54 Å². The van der Waals surface area contributed by atoms with E-state index in [1.807, 2.05) is 0 Å². The van der Waals surface area contributed by atoms with Crippen molar-refractivity contribution in [1.82, 2.24) is 10.2 Å². The van der Waals surface area contributed by atoms with Crippen LogP contribution in [-0.2, 0) is 9.59 Å². The number of aliphatic carboxylic acids is 1. The second-order valence-electron chi connectivity index (χ2n) is 4.38. The summed E-state index contributed by atoms with van der Waals surface area (Å²) in [6.45, 7) is 4.79. The zero-order valence-corrected chi connectivity index (χ0v) is 9.19. The number of nitrogens with one attached hydrogen (secondary N) is 1. The standard InChI is InChI=1S/C10H18N2O3/c1-7(2)3-8-5-12(6-10(14)15)9(13)4-11-8/h7-8,11H,3-6H2,1-2H3,(H,14,15)/t8-/m0/s1. The fourth-order valence-electron chi connectivity index (χ4n) is 1.82. The summed E-state index contributed by atoms with van der Waals surface area (Å²) in [5.41, 5.74) is 0. The Bertz CT molecular complexity index is 253. The van der Waals surface area contributed by atoms with Crippen LogP contribution in [0.1, 0.15) is 20.3 Å². The first-order chi connectivity index (χ1) is 6.99. The average molecular weight is 214 g/mol. The second-order valence-corrected chi connectivity index (χ2v) is 4.38. The van der Waals surface area contributed by atoms with Crippen LogP contribution in [0.15, 0.2) is 0 Å². The van der Waals surface area contributed by atoms with Gasteiger partial charge in [-0.05, 0) is 12.3 Å². The minimum absolute atomic E-state index is 0.127. The van der Waals surface area contributed by atoms with Crippen molar-refractivity contribution in [2.75, 3.05) is 19.6 Å². The number of nitrogens with zero attached hydrogens (tertiary/aromatic N) is 1. The van der Waals surface area contributed by atoms with Crippen LogP contribution in [0.3, 0.4) is 0 Å². The van der Waals surface area contributed by atoms with Gasteiger partial charge in [-0.25, -0.2) is 0 Å². The molecule has 1 aliphatic rings.